The van der Waals surface area contributed by atoms with Gasteiger partial charge in [0.25, 0.3) is 0 Å². The maximum absolute atomic E-state index is 13.0. The highest BCUT2D eigenvalue weighted by Gasteiger charge is 2.35. The van der Waals surface area contributed by atoms with E-state index in [9.17, 15) is 18.0 Å². The number of rotatable bonds is 6. The molecule has 0 aromatic heterocycles. The van der Waals surface area contributed by atoms with Crippen LogP contribution < -0.4 is 4.90 Å². The molecule has 154 valence electrons. The number of amides is 1. The zero-order valence-corrected chi connectivity index (χ0v) is 17.3. The molecule has 0 saturated carbocycles. The van der Waals surface area contributed by atoms with Crippen molar-refractivity contribution in [2.75, 3.05) is 37.4 Å². The Balaban J connectivity index is 1.64. The van der Waals surface area contributed by atoms with Crippen LogP contribution in [-0.2, 0) is 26.0 Å². The molecule has 0 atom stereocenters. The van der Waals surface area contributed by atoms with Crippen molar-refractivity contribution < 1.29 is 22.7 Å². The topological polar surface area (TPSA) is 84.0 Å². The van der Waals surface area contributed by atoms with Crippen LogP contribution in [0.3, 0.4) is 0 Å². The quantitative estimate of drug-likeness (QED) is 0.674. The first-order chi connectivity index (χ1) is 13.4. The SMILES string of the molecule is CCCCS(=O)(=O)N1CCC(C(=O)N2CCc3cc(C(=O)OC)ccc32)CC1. The molecule has 0 bridgehead atoms. The number of piperidine rings is 1. The highest BCUT2D eigenvalue weighted by molar-refractivity contribution is 7.89. The number of benzene rings is 1. The second kappa shape index (κ2) is 8.61. The number of hydrogen-bond donors (Lipinski definition) is 0. The van der Waals surface area contributed by atoms with Crippen LogP contribution in [-0.4, -0.2) is 57.1 Å². The fourth-order valence-electron chi connectivity index (χ4n) is 3.93. The maximum Gasteiger partial charge on any atom is 0.337 e. The van der Waals surface area contributed by atoms with Crippen molar-refractivity contribution in [2.24, 2.45) is 5.92 Å². The highest BCUT2D eigenvalue weighted by Crippen LogP contribution is 2.32. The van der Waals surface area contributed by atoms with Gasteiger partial charge in [-0.25, -0.2) is 17.5 Å². The zero-order valence-electron chi connectivity index (χ0n) is 16.5. The fourth-order valence-corrected chi connectivity index (χ4v) is 5.61. The van der Waals surface area contributed by atoms with Crippen molar-refractivity contribution in [2.45, 2.75) is 39.0 Å². The number of hydrogen-bond acceptors (Lipinski definition) is 5. The minimum atomic E-state index is -3.21. The summed E-state index contributed by atoms with van der Waals surface area (Å²) < 4.78 is 31.0. The van der Waals surface area contributed by atoms with Gasteiger partial charge in [0.15, 0.2) is 0 Å². The number of unbranched alkanes of at least 4 members (excludes halogenated alkanes) is 1. The summed E-state index contributed by atoms with van der Waals surface area (Å²) in [6, 6.07) is 5.27. The number of esters is 1. The van der Waals surface area contributed by atoms with E-state index in [1.807, 2.05) is 6.92 Å². The fraction of sp³-hybridized carbons (Fsp3) is 0.600. The van der Waals surface area contributed by atoms with E-state index < -0.39 is 10.0 Å². The first kappa shape index (κ1) is 20.8. The van der Waals surface area contributed by atoms with E-state index in [0.717, 1.165) is 17.7 Å². The predicted molar refractivity (Wildman–Crippen MR) is 107 cm³/mol. The lowest BCUT2D eigenvalue weighted by Gasteiger charge is -2.32. The molecule has 2 heterocycles. The first-order valence-electron chi connectivity index (χ1n) is 9.87. The molecule has 1 fully saturated rings. The van der Waals surface area contributed by atoms with E-state index >= 15 is 0 Å². The molecule has 0 radical (unpaired) electrons. The first-order valence-corrected chi connectivity index (χ1v) is 11.5. The molecule has 1 saturated heterocycles. The van der Waals surface area contributed by atoms with Gasteiger partial charge in [-0.2, -0.15) is 0 Å². The molecular formula is C20H28N2O5S. The van der Waals surface area contributed by atoms with E-state index in [1.54, 1.807) is 23.1 Å². The smallest absolute Gasteiger partial charge is 0.337 e. The van der Waals surface area contributed by atoms with Gasteiger partial charge in [-0.3, -0.25) is 4.79 Å². The Kier molecular flexibility index (Phi) is 6.40. The van der Waals surface area contributed by atoms with Gasteiger partial charge in [-0.05, 0) is 49.4 Å². The molecule has 1 aromatic carbocycles. The second-order valence-corrected chi connectivity index (χ2v) is 9.51. The van der Waals surface area contributed by atoms with Gasteiger partial charge in [0, 0.05) is 31.2 Å². The average molecular weight is 409 g/mol. The Bertz CT molecular complexity index is 844. The van der Waals surface area contributed by atoms with Gasteiger partial charge < -0.3 is 9.64 Å². The summed E-state index contributed by atoms with van der Waals surface area (Å²) in [7, 11) is -1.87. The number of nitrogens with zero attached hydrogens (tertiary/aromatic N) is 2. The molecular weight excluding hydrogens is 380 g/mol. The van der Waals surface area contributed by atoms with Crippen LogP contribution in [0.5, 0.6) is 0 Å². The number of carbonyl (C=O) groups is 2. The van der Waals surface area contributed by atoms with Gasteiger partial charge in [0.2, 0.25) is 15.9 Å². The average Bonchev–Trinajstić information content (AvgIpc) is 3.14. The summed E-state index contributed by atoms with van der Waals surface area (Å²) in [4.78, 5) is 26.5. The number of fused-ring (bicyclic) bond motifs is 1. The maximum atomic E-state index is 13.0. The van der Waals surface area contributed by atoms with E-state index in [1.165, 1.54) is 11.4 Å². The van der Waals surface area contributed by atoms with Crippen molar-refractivity contribution >= 4 is 27.6 Å². The minimum Gasteiger partial charge on any atom is -0.465 e. The largest absolute Gasteiger partial charge is 0.465 e. The molecule has 2 aliphatic heterocycles. The lowest BCUT2D eigenvalue weighted by atomic mass is 9.96. The van der Waals surface area contributed by atoms with E-state index in [2.05, 4.69) is 0 Å². The molecule has 1 amide bonds. The van der Waals surface area contributed by atoms with E-state index in [-0.39, 0.29) is 23.5 Å². The van der Waals surface area contributed by atoms with Crippen molar-refractivity contribution in [3.8, 4) is 0 Å². The van der Waals surface area contributed by atoms with Crippen LogP contribution in [0, 0.1) is 5.92 Å². The zero-order chi connectivity index (χ0) is 20.3. The Morgan fingerprint density at radius 3 is 2.54 bits per heavy atom. The normalized spacial score (nSPS) is 18.1. The number of ether oxygens (including phenoxy) is 1. The third-order valence-corrected chi connectivity index (χ3v) is 7.57. The summed E-state index contributed by atoms with van der Waals surface area (Å²) in [6.45, 7) is 3.38. The van der Waals surface area contributed by atoms with Gasteiger partial charge in [-0.15, -0.1) is 0 Å². The Hall–Kier alpha value is -1.93. The molecule has 0 aliphatic carbocycles. The van der Waals surface area contributed by atoms with Crippen molar-refractivity contribution in [3.05, 3.63) is 29.3 Å². The Morgan fingerprint density at radius 1 is 1.18 bits per heavy atom. The van der Waals surface area contributed by atoms with Gasteiger partial charge in [-0.1, -0.05) is 13.3 Å². The van der Waals surface area contributed by atoms with Crippen LogP contribution in [0.1, 0.15) is 48.5 Å². The third kappa shape index (κ3) is 4.22. The van der Waals surface area contributed by atoms with Crippen LogP contribution in [0.15, 0.2) is 18.2 Å². The molecule has 3 rings (SSSR count). The Morgan fingerprint density at radius 2 is 1.89 bits per heavy atom. The van der Waals surface area contributed by atoms with Gasteiger partial charge in [0.1, 0.15) is 0 Å². The second-order valence-electron chi connectivity index (χ2n) is 7.42. The number of anilines is 1. The lowest BCUT2D eigenvalue weighted by molar-refractivity contribution is -0.123. The summed E-state index contributed by atoms with van der Waals surface area (Å²) in [5, 5.41) is 0. The van der Waals surface area contributed by atoms with Crippen molar-refractivity contribution in [1.29, 1.82) is 0 Å². The van der Waals surface area contributed by atoms with Gasteiger partial charge >= 0.3 is 5.97 Å². The minimum absolute atomic E-state index is 0.0511. The van der Waals surface area contributed by atoms with E-state index in [4.69, 9.17) is 4.74 Å². The van der Waals surface area contributed by atoms with Crippen molar-refractivity contribution in [3.63, 3.8) is 0 Å². The third-order valence-electron chi connectivity index (χ3n) is 5.61. The standard InChI is InChI=1S/C20H28N2O5S/c1-3-4-13-28(25,26)21-10-7-15(8-11-21)19(23)22-12-9-16-14-17(20(24)27-2)5-6-18(16)22/h5-6,14-15H,3-4,7-13H2,1-2H3. The molecule has 0 unspecified atom stereocenters. The van der Waals surface area contributed by atoms with E-state index in [0.29, 0.717) is 50.9 Å². The number of methoxy groups -OCH3 is 1. The predicted octanol–water partition coefficient (Wildman–Crippen LogP) is 2.20. The molecule has 1 aromatic rings. The summed E-state index contributed by atoms with van der Waals surface area (Å²) in [5.41, 5.74) is 2.30. The summed E-state index contributed by atoms with van der Waals surface area (Å²) >= 11 is 0. The van der Waals surface area contributed by atoms with Crippen molar-refractivity contribution in [1.82, 2.24) is 4.31 Å². The molecule has 7 nitrogen and oxygen atoms in total. The summed E-state index contributed by atoms with van der Waals surface area (Å²) in [5.74, 6) is -0.312. The molecule has 8 heteroatoms. The van der Waals surface area contributed by atoms with Crippen LogP contribution in [0.4, 0.5) is 5.69 Å². The monoisotopic (exact) mass is 408 g/mol. The summed E-state index contributed by atoms with van der Waals surface area (Å²) in [6.07, 6.45) is 3.32. The molecule has 0 spiro atoms. The molecule has 0 N–H and O–H groups in total. The van der Waals surface area contributed by atoms with Crippen LogP contribution in [0.2, 0.25) is 0 Å². The molecule has 28 heavy (non-hydrogen) atoms. The number of carbonyl (C=O) groups excluding carboxylic acids is 2. The van der Waals surface area contributed by atoms with Crippen LogP contribution >= 0.6 is 0 Å². The Labute approximate surface area is 166 Å². The highest BCUT2D eigenvalue weighted by atomic mass is 32.2. The molecule has 2 aliphatic rings. The number of sulfonamides is 1. The van der Waals surface area contributed by atoms with Crippen LogP contribution in [0.25, 0.3) is 0 Å². The van der Waals surface area contributed by atoms with Gasteiger partial charge in [0.05, 0.1) is 18.4 Å². The lowest BCUT2D eigenvalue weighted by Crippen LogP contribution is -2.44.